The van der Waals surface area contributed by atoms with E-state index in [1.807, 2.05) is 12.1 Å². The van der Waals surface area contributed by atoms with Gasteiger partial charge in [-0.2, -0.15) is 0 Å². The number of carbonyl (C=O) groups excluding carboxylic acids is 3. The fraction of sp³-hybridized carbons (Fsp3) is 0.536. The number of benzene rings is 1. The van der Waals surface area contributed by atoms with E-state index in [0.29, 0.717) is 29.0 Å². The lowest BCUT2D eigenvalue weighted by Crippen LogP contribution is -2.62. The normalized spacial score (nSPS) is 33.1. The van der Waals surface area contributed by atoms with Gasteiger partial charge in [0.1, 0.15) is 11.5 Å². The molecule has 0 amide bonds. The fourth-order valence-electron chi connectivity index (χ4n) is 7.12. The summed E-state index contributed by atoms with van der Waals surface area (Å²) in [7, 11) is 0. The third-order valence-electron chi connectivity index (χ3n) is 8.92. The van der Waals surface area contributed by atoms with E-state index >= 15 is 0 Å². The van der Waals surface area contributed by atoms with Crippen molar-refractivity contribution >= 4 is 17.3 Å². The Kier molecular flexibility index (Phi) is 5.57. The van der Waals surface area contributed by atoms with Crippen molar-refractivity contribution in [1.82, 2.24) is 0 Å². The van der Waals surface area contributed by atoms with Crippen molar-refractivity contribution in [2.75, 3.05) is 0 Å². The summed E-state index contributed by atoms with van der Waals surface area (Å²) in [6, 6.07) is 3.65. The smallest absolute Gasteiger partial charge is 0.206 e. The quantitative estimate of drug-likeness (QED) is 0.487. The van der Waals surface area contributed by atoms with Crippen LogP contribution >= 0.6 is 0 Å². The zero-order valence-electron chi connectivity index (χ0n) is 20.3. The van der Waals surface area contributed by atoms with E-state index in [2.05, 4.69) is 0 Å². The van der Waals surface area contributed by atoms with Gasteiger partial charge in [-0.15, -0.1) is 0 Å². The molecule has 4 N–H and O–H groups in total. The Morgan fingerprint density at radius 2 is 1.80 bits per heavy atom. The minimum atomic E-state index is -2.57. The molecule has 4 aliphatic rings. The van der Waals surface area contributed by atoms with Crippen LogP contribution in [0.1, 0.15) is 80.3 Å². The third kappa shape index (κ3) is 3.21. The molecule has 0 aromatic heterocycles. The Hall–Kier alpha value is -2.77. The highest BCUT2D eigenvalue weighted by atomic mass is 16.4. The minimum absolute atomic E-state index is 0.0332. The van der Waals surface area contributed by atoms with Crippen LogP contribution in [0.15, 0.2) is 34.6 Å². The second-order valence-electron chi connectivity index (χ2n) is 10.9. The maximum Gasteiger partial charge on any atom is 0.206 e. The molecule has 0 heterocycles. The van der Waals surface area contributed by atoms with Crippen LogP contribution in [-0.4, -0.2) is 49.5 Å². The molecule has 5 unspecified atom stereocenters. The largest absolute Gasteiger partial charge is 0.508 e. The molecule has 1 aromatic carbocycles. The second kappa shape index (κ2) is 8.14. The van der Waals surface area contributed by atoms with Crippen LogP contribution in [0.4, 0.5) is 0 Å². The number of allylic oxidation sites excluding steroid dienone is 1. The molecule has 0 spiro atoms. The monoisotopic (exact) mass is 480 g/mol. The molecule has 0 aliphatic heterocycles. The van der Waals surface area contributed by atoms with Gasteiger partial charge in [-0.3, -0.25) is 14.4 Å². The topological polar surface area (TPSA) is 132 Å². The first-order valence-electron chi connectivity index (χ1n) is 12.5. The first-order chi connectivity index (χ1) is 16.5. The first-order valence-corrected chi connectivity index (χ1v) is 12.5. The van der Waals surface area contributed by atoms with Gasteiger partial charge in [-0.05, 0) is 49.7 Å². The van der Waals surface area contributed by atoms with Crippen molar-refractivity contribution in [1.29, 1.82) is 0 Å². The minimum Gasteiger partial charge on any atom is -0.508 e. The number of ketones is 3. The molecule has 5 atom stereocenters. The Labute approximate surface area is 204 Å². The summed E-state index contributed by atoms with van der Waals surface area (Å²) < 4.78 is 0. The summed E-state index contributed by atoms with van der Waals surface area (Å²) in [5.41, 5.74) is -1.30. The van der Waals surface area contributed by atoms with Crippen molar-refractivity contribution < 1.29 is 34.8 Å². The number of Topliss-reactive ketones (excluding diaryl/α,β-unsaturated/α-hetero) is 3. The Morgan fingerprint density at radius 1 is 1.14 bits per heavy atom. The summed E-state index contributed by atoms with van der Waals surface area (Å²) in [5.74, 6) is -5.16. The van der Waals surface area contributed by atoms with Gasteiger partial charge in [-0.25, -0.2) is 0 Å². The summed E-state index contributed by atoms with van der Waals surface area (Å²) in [5, 5.41) is 45.4. The third-order valence-corrected chi connectivity index (χ3v) is 8.92. The summed E-state index contributed by atoms with van der Waals surface area (Å²) in [6.07, 6.45) is 3.81. The number of aliphatic hydroxyl groups excluding tert-OH is 2. The Balaban J connectivity index is 1.66. The lowest BCUT2D eigenvalue weighted by molar-refractivity contribution is -0.153. The van der Waals surface area contributed by atoms with Gasteiger partial charge in [-0.1, -0.05) is 50.3 Å². The van der Waals surface area contributed by atoms with E-state index in [9.17, 15) is 34.8 Å². The molecule has 0 bridgehead atoms. The van der Waals surface area contributed by atoms with Crippen LogP contribution in [0, 0.1) is 17.8 Å². The zero-order chi connectivity index (χ0) is 25.4. The highest BCUT2D eigenvalue weighted by Crippen LogP contribution is 2.55. The van der Waals surface area contributed by atoms with Crippen molar-refractivity contribution in [2.45, 2.75) is 76.9 Å². The predicted octanol–water partition coefficient (Wildman–Crippen LogP) is 3.45. The van der Waals surface area contributed by atoms with E-state index in [1.54, 1.807) is 13.8 Å². The molecule has 1 aromatic rings. The Morgan fingerprint density at radius 3 is 2.43 bits per heavy atom. The number of aliphatic hydroxyl groups is 3. The van der Waals surface area contributed by atoms with Crippen LogP contribution in [0.3, 0.4) is 0 Å². The van der Waals surface area contributed by atoms with E-state index in [0.717, 1.165) is 25.7 Å². The van der Waals surface area contributed by atoms with Crippen molar-refractivity contribution in [3.8, 4) is 5.75 Å². The fourth-order valence-corrected chi connectivity index (χ4v) is 7.12. The zero-order valence-corrected chi connectivity index (χ0v) is 20.3. The summed E-state index contributed by atoms with van der Waals surface area (Å²) in [4.78, 5) is 39.3. The van der Waals surface area contributed by atoms with E-state index in [-0.39, 0.29) is 28.9 Å². The van der Waals surface area contributed by atoms with Gasteiger partial charge in [0.25, 0.3) is 0 Å². The highest BCUT2D eigenvalue weighted by Gasteiger charge is 2.63. The van der Waals surface area contributed by atoms with Crippen LogP contribution in [0.5, 0.6) is 5.75 Å². The van der Waals surface area contributed by atoms with Crippen LogP contribution in [0.2, 0.25) is 0 Å². The van der Waals surface area contributed by atoms with Crippen LogP contribution < -0.4 is 0 Å². The molecule has 4 aliphatic carbocycles. The number of hydrogen-bond donors (Lipinski definition) is 4. The lowest BCUT2D eigenvalue weighted by Gasteiger charge is -2.50. The number of rotatable bonds is 3. The van der Waals surface area contributed by atoms with Gasteiger partial charge < -0.3 is 20.4 Å². The SMILES string of the molecule is CC(=O)C1=C(C)CC2C(O)C3C(=C(O)C2(O)C1=O)C(=O)c1c(ccc(CC2CCCC2)c1O)C3C. The number of phenolic OH excluding ortho intramolecular Hbond substituents is 1. The van der Waals surface area contributed by atoms with Crippen LogP contribution in [-0.2, 0) is 16.0 Å². The average Bonchev–Trinajstić information content (AvgIpc) is 3.31. The number of phenols is 1. The highest BCUT2D eigenvalue weighted by molar-refractivity contribution is 6.25. The Bertz CT molecular complexity index is 1220. The predicted molar refractivity (Wildman–Crippen MR) is 127 cm³/mol. The number of carbonyl (C=O) groups is 3. The van der Waals surface area contributed by atoms with Gasteiger partial charge in [0.15, 0.2) is 17.2 Å². The number of fused-ring (bicyclic) bond motifs is 3. The maximum atomic E-state index is 13.8. The van der Waals surface area contributed by atoms with Crippen LogP contribution in [0.25, 0.3) is 0 Å². The molecule has 1 saturated carbocycles. The molecular weight excluding hydrogens is 448 g/mol. The van der Waals surface area contributed by atoms with E-state index < -0.39 is 52.6 Å². The van der Waals surface area contributed by atoms with Crippen molar-refractivity contribution in [3.63, 3.8) is 0 Å². The second-order valence-corrected chi connectivity index (χ2v) is 10.9. The van der Waals surface area contributed by atoms with Gasteiger partial charge in [0.2, 0.25) is 5.78 Å². The molecule has 35 heavy (non-hydrogen) atoms. The molecule has 7 heteroatoms. The number of hydrogen-bond acceptors (Lipinski definition) is 7. The molecule has 0 saturated heterocycles. The van der Waals surface area contributed by atoms with Gasteiger partial charge >= 0.3 is 0 Å². The molecule has 186 valence electrons. The van der Waals surface area contributed by atoms with Crippen molar-refractivity contribution in [2.24, 2.45) is 17.8 Å². The lowest BCUT2D eigenvalue weighted by atomic mass is 9.56. The number of aromatic hydroxyl groups is 1. The molecule has 7 nitrogen and oxygen atoms in total. The maximum absolute atomic E-state index is 13.8. The molecule has 1 fully saturated rings. The molecule has 0 radical (unpaired) electrons. The molecule has 5 rings (SSSR count). The summed E-state index contributed by atoms with van der Waals surface area (Å²) in [6.45, 7) is 4.62. The standard InChI is InChI=1S/C28H32O7/c1-12-10-18-24(31)20-13(2)17-9-8-16(11-15-6-4-5-7-15)23(30)21(17)25(32)22(20)27(34)28(18,35)26(33)19(12)14(3)29/h8-9,13,15,18,20,24,30-31,34-35H,4-7,10-11H2,1-3H3. The van der Waals surface area contributed by atoms with Crippen molar-refractivity contribution in [3.05, 3.63) is 51.3 Å². The summed E-state index contributed by atoms with van der Waals surface area (Å²) >= 11 is 0. The van der Waals surface area contributed by atoms with E-state index in [4.69, 9.17) is 0 Å². The first kappa shape index (κ1) is 23.9. The average molecular weight is 481 g/mol. The van der Waals surface area contributed by atoms with E-state index in [1.165, 1.54) is 6.92 Å². The molecular formula is C28H32O7. The van der Waals surface area contributed by atoms with Gasteiger partial charge in [0, 0.05) is 17.4 Å². The van der Waals surface area contributed by atoms with Gasteiger partial charge in [0.05, 0.1) is 17.2 Å².